The van der Waals surface area contributed by atoms with Gasteiger partial charge >= 0.3 is 0 Å². The summed E-state index contributed by atoms with van der Waals surface area (Å²) in [5.41, 5.74) is 2.51. The Morgan fingerprint density at radius 1 is 1.42 bits per heavy atom. The second-order valence-corrected chi connectivity index (χ2v) is 5.16. The highest BCUT2D eigenvalue weighted by Gasteiger charge is 2.14. The first kappa shape index (κ1) is 13.7. The molecule has 100 valence electrons. The van der Waals surface area contributed by atoms with Crippen molar-refractivity contribution < 1.29 is 9.18 Å². The van der Waals surface area contributed by atoms with Gasteiger partial charge in [0.2, 0.25) is 0 Å². The van der Waals surface area contributed by atoms with Gasteiger partial charge in [-0.3, -0.25) is 9.48 Å². The SMILES string of the molecule is Cc1cc(F)c(Br)cc1NC(=O)c1cnn(C)c1C. The molecule has 1 aromatic heterocycles. The number of hydrogen-bond donors (Lipinski definition) is 1. The minimum Gasteiger partial charge on any atom is -0.322 e. The van der Waals surface area contributed by atoms with E-state index in [9.17, 15) is 9.18 Å². The fraction of sp³-hybridized carbons (Fsp3) is 0.231. The van der Waals surface area contributed by atoms with Crippen molar-refractivity contribution in [1.82, 2.24) is 9.78 Å². The Hall–Kier alpha value is -1.69. The molecule has 0 fully saturated rings. The molecular weight excluding hydrogens is 313 g/mol. The molecule has 0 aliphatic heterocycles. The first-order chi connectivity index (χ1) is 8.90. The van der Waals surface area contributed by atoms with Gasteiger partial charge in [-0.05, 0) is 47.5 Å². The Morgan fingerprint density at radius 3 is 2.68 bits per heavy atom. The molecule has 0 saturated heterocycles. The second-order valence-electron chi connectivity index (χ2n) is 4.30. The van der Waals surface area contributed by atoms with E-state index in [1.807, 2.05) is 6.92 Å². The molecule has 0 bridgehead atoms. The number of benzene rings is 1. The van der Waals surface area contributed by atoms with Crippen molar-refractivity contribution in [2.24, 2.45) is 7.05 Å². The highest BCUT2D eigenvalue weighted by molar-refractivity contribution is 9.10. The summed E-state index contributed by atoms with van der Waals surface area (Å²) in [5, 5.41) is 6.78. The van der Waals surface area contributed by atoms with E-state index in [-0.39, 0.29) is 11.7 Å². The normalized spacial score (nSPS) is 10.6. The molecule has 0 atom stereocenters. The van der Waals surface area contributed by atoms with Crippen molar-refractivity contribution in [2.45, 2.75) is 13.8 Å². The lowest BCUT2D eigenvalue weighted by atomic mass is 10.1. The lowest BCUT2D eigenvalue weighted by Gasteiger charge is -2.09. The van der Waals surface area contributed by atoms with Crippen molar-refractivity contribution in [3.05, 3.63) is 45.4 Å². The maximum atomic E-state index is 13.3. The fourth-order valence-electron chi connectivity index (χ4n) is 1.69. The number of amides is 1. The highest BCUT2D eigenvalue weighted by Crippen LogP contribution is 2.24. The Labute approximate surface area is 118 Å². The van der Waals surface area contributed by atoms with Crippen molar-refractivity contribution in [2.75, 3.05) is 5.32 Å². The minimum atomic E-state index is -0.354. The van der Waals surface area contributed by atoms with Crippen LogP contribution in [-0.4, -0.2) is 15.7 Å². The number of aryl methyl sites for hydroxylation is 2. The van der Waals surface area contributed by atoms with Crippen LogP contribution in [0.1, 0.15) is 21.6 Å². The fourth-order valence-corrected chi connectivity index (χ4v) is 2.04. The van der Waals surface area contributed by atoms with Crippen molar-refractivity contribution in [3.8, 4) is 0 Å². The van der Waals surface area contributed by atoms with Crippen LogP contribution < -0.4 is 5.32 Å². The number of rotatable bonds is 2. The van der Waals surface area contributed by atoms with E-state index >= 15 is 0 Å². The van der Waals surface area contributed by atoms with Gasteiger partial charge in [0.15, 0.2) is 0 Å². The summed E-state index contributed by atoms with van der Waals surface area (Å²) in [7, 11) is 1.77. The summed E-state index contributed by atoms with van der Waals surface area (Å²) in [6.45, 7) is 3.55. The number of halogens is 2. The van der Waals surface area contributed by atoms with E-state index in [0.717, 1.165) is 5.69 Å². The zero-order valence-corrected chi connectivity index (χ0v) is 12.4. The Bertz CT molecular complexity index is 652. The third-order valence-electron chi connectivity index (χ3n) is 3.00. The van der Waals surface area contributed by atoms with Crippen LogP contribution in [0.2, 0.25) is 0 Å². The Balaban J connectivity index is 2.29. The topological polar surface area (TPSA) is 46.9 Å². The van der Waals surface area contributed by atoms with Gasteiger partial charge in [0.05, 0.1) is 16.2 Å². The van der Waals surface area contributed by atoms with E-state index < -0.39 is 0 Å². The molecule has 1 heterocycles. The van der Waals surface area contributed by atoms with Crippen LogP contribution >= 0.6 is 15.9 Å². The molecule has 4 nitrogen and oxygen atoms in total. The molecule has 0 aliphatic rings. The lowest BCUT2D eigenvalue weighted by molar-refractivity contribution is 0.102. The van der Waals surface area contributed by atoms with Crippen LogP contribution in [0, 0.1) is 19.7 Å². The molecule has 6 heteroatoms. The van der Waals surface area contributed by atoms with Crippen LogP contribution in [-0.2, 0) is 7.05 Å². The zero-order chi connectivity index (χ0) is 14.2. The van der Waals surface area contributed by atoms with Gasteiger partial charge in [-0.25, -0.2) is 4.39 Å². The molecule has 1 N–H and O–H groups in total. The number of carbonyl (C=O) groups excluding carboxylic acids is 1. The van der Waals surface area contributed by atoms with Gasteiger partial charge < -0.3 is 5.32 Å². The Morgan fingerprint density at radius 2 is 2.11 bits per heavy atom. The summed E-state index contributed by atoms with van der Waals surface area (Å²) >= 11 is 3.10. The maximum absolute atomic E-state index is 13.3. The quantitative estimate of drug-likeness (QED) is 0.921. The first-order valence-corrected chi connectivity index (χ1v) is 6.45. The van der Waals surface area contributed by atoms with E-state index in [1.165, 1.54) is 12.3 Å². The molecule has 0 unspecified atom stereocenters. The van der Waals surface area contributed by atoms with Crippen LogP contribution in [0.5, 0.6) is 0 Å². The molecule has 0 saturated carbocycles. The van der Waals surface area contributed by atoms with Crippen molar-refractivity contribution in [1.29, 1.82) is 0 Å². The predicted octanol–water partition coefficient (Wildman–Crippen LogP) is 3.19. The summed E-state index contributed by atoms with van der Waals surface area (Å²) in [6.07, 6.45) is 1.51. The van der Waals surface area contributed by atoms with Gasteiger partial charge in [-0.1, -0.05) is 0 Å². The summed E-state index contributed by atoms with van der Waals surface area (Å²) in [6, 6.07) is 2.92. The van der Waals surface area contributed by atoms with Gasteiger partial charge in [0.1, 0.15) is 5.82 Å². The summed E-state index contributed by atoms with van der Waals surface area (Å²) in [4.78, 5) is 12.1. The number of anilines is 1. The average molecular weight is 326 g/mol. The first-order valence-electron chi connectivity index (χ1n) is 5.65. The maximum Gasteiger partial charge on any atom is 0.259 e. The summed E-state index contributed by atoms with van der Waals surface area (Å²) < 4.78 is 15.3. The van der Waals surface area contributed by atoms with Crippen LogP contribution in [0.25, 0.3) is 0 Å². The largest absolute Gasteiger partial charge is 0.322 e. The van der Waals surface area contributed by atoms with Gasteiger partial charge in [-0.15, -0.1) is 0 Å². The van der Waals surface area contributed by atoms with Gasteiger partial charge in [0, 0.05) is 18.4 Å². The average Bonchev–Trinajstić information content (AvgIpc) is 2.67. The standard InChI is InChI=1S/C13H13BrFN3O/c1-7-4-11(15)10(14)5-12(7)17-13(19)9-6-16-18(3)8(9)2/h4-6H,1-3H3,(H,17,19). The van der Waals surface area contributed by atoms with E-state index in [0.29, 0.717) is 21.3 Å². The molecule has 0 radical (unpaired) electrons. The molecule has 2 aromatic rings. The minimum absolute atomic E-state index is 0.257. The molecular formula is C13H13BrFN3O. The molecule has 1 aromatic carbocycles. The highest BCUT2D eigenvalue weighted by atomic mass is 79.9. The van der Waals surface area contributed by atoms with Gasteiger partial charge in [-0.2, -0.15) is 5.10 Å². The van der Waals surface area contributed by atoms with Gasteiger partial charge in [0.25, 0.3) is 5.91 Å². The summed E-state index contributed by atoms with van der Waals surface area (Å²) in [5.74, 6) is -0.611. The molecule has 0 spiro atoms. The predicted molar refractivity (Wildman–Crippen MR) is 74.7 cm³/mol. The number of nitrogens with zero attached hydrogens (tertiary/aromatic N) is 2. The molecule has 19 heavy (non-hydrogen) atoms. The zero-order valence-electron chi connectivity index (χ0n) is 10.8. The van der Waals surface area contributed by atoms with Crippen molar-refractivity contribution in [3.63, 3.8) is 0 Å². The Kier molecular flexibility index (Phi) is 3.71. The van der Waals surface area contributed by atoms with Crippen molar-refractivity contribution >= 4 is 27.5 Å². The number of nitrogens with one attached hydrogen (secondary N) is 1. The molecule has 2 rings (SSSR count). The monoisotopic (exact) mass is 325 g/mol. The molecule has 0 aliphatic carbocycles. The third-order valence-corrected chi connectivity index (χ3v) is 3.60. The smallest absolute Gasteiger partial charge is 0.259 e. The van der Waals surface area contributed by atoms with Crippen LogP contribution in [0.3, 0.4) is 0 Å². The second kappa shape index (κ2) is 5.13. The van der Waals surface area contributed by atoms with E-state index in [1.54, 1.807) is 24.7 Å². The lowest BCUT2D eigenvalue weighted by Crippen LogP contribution is -2.14. The van der Waals surface area contributed by atoms with E-state index in [4.69, 9.17) is 0 Å². The van der Waals surface area contributed by atoms with Crippen LogP contribution in [0.4, 0.5) is 10.1 Å². The number of carbonyl (C=O) groups is 1. The van der Waals surface area contributed by atoms with E-state index in [2.05, 4.69) is 26.3 Å². The number of hydrogen-bond acceptors (Lipinski definition) is 2. The third kappa shape index (κ3) is 2.68. The molecule has 1 amide bonds. The number of aromatic nitrogens is 2. The van der Waals surface area contributed by atoms with Crippen LogP contribution in [0.15, 0.2) is 22.8 Å².